The second-order valence-corrected chi connectivity index (χ2v) is 24.8. The monoisotopic (exact) mass is 1160 g/mol. The van der Waals surface area contributed by atoms with Crippen LogP contribution < -0.4 is 0 Å². The van der Waals surface area contributed by atoms with E-state index in [-0.39, 0.29) is 37.5 Å². The molecule has 0 aromatic rings. The van der Waals surface area contributed by atoms with Gasteiger partial charge in [-0.05, 0) is 70.6 Å². The van der Waals surface area contributed by atoms with Crippen LogP contribution in [0.2, 0.25) is 0 Å². The minimum Gasteiger partial charge on any atom is -0.462 e. The Bertz CT molecular complexity index is 1470. The van der Waals surface area contributed by atoms with Crippen LogP contribution in [0, 0.1) is 0 Å². The fraction of sp³-hybridized carbons (Fsp3) is 0.831. The molecule has 0 aromatic carbocycles. The third-order valence-corrected chi connectivity index (χ3v) is 16.5. The van der Waals surface area contributed by atoms with Crippen molar-refractivity contribution in [2.75, 3.05) is 13.2 Å². The summed E-state index contributed by atoms with van der Waals surface area (Å²) < 4.78 is 16.9. The molecular weight excluding hydrogens is 1020 g/mol. The molecule has 1 atom stereocenters. The van der Waals surface area contributed by atoms with Gasteiger partial charge in [-0.1, -0.05) is 364 Å². The first kappa shape index (κ1) is 80.1. The Morgan fingerprint density at radius 1 is 0.253 bits per heavy atom. The van der Waals surface area contributed by atoms with Gasteiger partial charge < -0.3 is 14.2 Å². The van der Waals surface area contributed by atoms with Gasteiger partial charge >= 0.3 is 17.9 Å². The van der Waals surface area contributed by atoms with Crippen LogP contribution in [0.1, 0.15) is 393 Å². The second-order valence-electron chi connectivity index (χ2n) is 24.8. The summed E-state index contributed by atoms with van der Waals surface area (Å²) in [5, 5.41) is 0. The smallest absolute Gasteiger partial charge is 0.306 e. The van der Waals surface area contributed by atoms with Gasteiger partial charge in [0, 0.05) is 19.3 Å². The van der Waals surface area contributed by atoms with Gasteiger partial charge in [-0.2, -0.15) is 0 Å². The maximum atomic E-state index is 12.9. The molecule has 6 heteroatoms. The predicted octanol–water partition coefficient (Wildman–Crippen LogP) is 25.5. The van der Waals surface area contributed by atoms with Crippen LogP contribution in [0.5, 0.6) is 0 Å². The summed E-state index contributed by atoms with van der Waals surface area (Å²) in [6, 6.07) is 0. The maximum Gasteiger partial charge on any atom is 0.306 e. The lowest BCUT2D eigenvalue weighted by Gasteiger charge is -2.18. The van der Waals surface area contributed by atoms with Crippen LogP contribution in [0.15, 0.2) is 60.8 Å². The lowest BCUT2D eigenvalue weighted by atomic mass is 10.0. The van der Waals surface area contributed by atoms with Gasteiger partial charge in [0.05, 0.1) is 0 Å². The van der Waals surface area contributed by atoms with Gasteiger partial charge in [0.1, 0.15) is 13.2 Å². The van der Waals surface area contributed by atoms with E-state index >= 15 is 0 Å². The van der Waals surface area contributed by atoms with E-state index in [9.17, 15) is 14.4 Å². The van der Waals surface area contributed by atoms with E-state index < -0.39 is 6.10 Å². The van der Waals surface area contributed by atoms with E-state index in [2.05, 4.69) is 75.5 Å². The molecule has 0 amide bonds. The Kier molecular flexibility index (Phi) is 69.1. The molecule has 0 radical (unpaired) electrons. The topological polar surface area (TPSA) is 78.9 Å². The zero-order chi connectivity index (χ0) is 59.9. The normalized spacial score (nSPS) is 12.4. The molecular formula is C77H140O6. The van der Waals surface area contributed by atoms with E-state index in [4.69, 9.17) is 14.2 Å². The number of hydrogen-bond acceptors (Lipinski definition) is 6. The first-order valence-corrected chi connectivity index (χ1v) is 36.8. The first-order valence-electron chi connectivity index (χ1n) is 36.8. The first-order chi connectivity index (χ1) is 41.0. The number of carbonyl (C=O) groups is 3. The van der Waals surface area contributed by atoms with Crippen molar-refractivity contribution in [3.05, 3.63) is 60.8 Å². The molecule has 83 heavy (non-hydrogen) atoms. The number of esters is 3. The highest BCUT2D eigenvalue weighted by molar-refractivity contribution is 5.71. The summed E-state index contributed by atoms with van der Waals surface area (Å²) in [6.45, 7) is 6.53. The zero-order valence-electron chi connectivity index (χ0n) is 55.7. The van der Waals surface area contributed by atoms with Gasteiger partial charge in [0.2, 0.25) is 0 Å². The van der Waals surface area contributed by atoms with Gasteiger partial charge in [-0.25, -0.2) is 0 Å². The average molecular weight is 1160 g/mol. The molecule has 0 rings (SSSR count). The summed E-state index contributed by atoms with van der Waals surface area (Å²) >= 11 is 0. The van der Waals surface area contributed by atoms with Crippen molar-refractivity contribution < 1.29 is 28.6 Å². The Balaban J connectivity index is 4.19. The third kappa shape index (κ3) is 69.8. The van der Waals surface area contributed by atoms with Crippen molar-refractivity contribution in [3.8, 4) is 0 Å². The van der Waals surface area contributed by atoms with Crippen LogP contribution in [-0.2, 0) is 28.6 Å². The van der Waals surface area contributed by atoms with Crippen molar-refractivity contribution in [2.24, 2.45) is 0 Å². The number of carbonyl (C=O) groups excluding carboxylic acids is 3. The van der Waals surface area contributed by atoms with Gasteiger partial charge in [0.15, 0.2) is 6.10 Å². The summed E-state index contributed by atoms with van der Waals surface area (Å²) in [4.78, 5) is 38.4. The number of rotatable bonds is 68. The molecule has 0 bridgehead atoms. The van der Waals surface area contributed by atoms with Crippen LogP contribution >= 0.6 is 0 Å². The van der Waals surface area contributed by atoms with Crippen LogP contribution in [0.25, 0.3) is 0 Å². The fourth-order valence-corrected chi connectivity index (χ4v) is 11.0. The highest BCUT2D eigenvalue weighted by Crippen LogP contribution is 2.19. The van der Waals surface area contributed by atoms with Crippen molar-refractivity contribution >= 4 is 17.9 Å². The highest BCUT2D eigenvalue weighted by Gasteiger charge is 2.19. The summed E-state index contributed by atoms with van der Waals surface area (Å²) in [5.41, 5.74) is 0. The molecule has 0 aliphatic carbocycles. The number of ether oxygens (including phenoxy) is 3. The lowest BCUT2D eigenvalue weighted by molar-refractivity contribution is -0.166. The molecule has 0 N–H and O–H groups in total. The van der Waals surface area contributed by atoms with Gasteiger partial charge in [-0.3, -0.25) is 14.4 Å². The zero-order valence-corrected chi connectivity index (χ0v) is 55.7. The number of unbranched alkanes of at least 4 members (excludes halogenated alkanes) is 47. The molecule has 0 saturated carbocycles. The molecule has 0 aliphatic heterocycles. The number of hydrogen-bond donors (Lipinski definition) is 0. The predicted molar refractivity (Wildman–Crippen MR) is 362 cm³/mol. The maximum absolute atomic E-state index is 12.9. The molecule has 484 valence electrons. The quantitative estimate of drug-likeness (QED) is 0.0261. The third-order valence-electron chi connectivity index (χ3n) is 16.5. The van der Waals surface area contributed by atoms with E-state index in [0.717, 1.165) is 64.2 Å². The van der Waals surface area contributed by atoms with Crippen LogP contribution in [-0.4, -0.2) is 37.2 Å². The van der Waals surface area contributed by atoms with Crippen molar-refractivity contribution in [1.82, 2.24) is 0 Å². The largest absolute Gasteiger partial charge is 0.462 e. The summed E-state index contributed by atoms with van der Waals surface area (Å²) in [7, 11) is 0. The standard InChI is InChI=1S/C77H140O6/c1-4-7-10-13-16-19-22-25-27-29-31-33-34-35-36-37-38-39-40-41-42-44-45-47-49-52-55-58-61-64-67-70-76(79)82-73-74(72-81-75(78)69-66-63-60-57-54-51-24-21-18-15-12-9-6-3)83-77(80)71-68-65-62-59-56-53-50-48-46-43-32-30-28-26-23-20-17-14-11-8-5-2/h9,12,18,21,29,31,51,54,60,63,74H,4-8,10-11,13-17,19-20,22-28,30,32-50,52-53,55-59,61-62,64-73H2,1-3H3/b12-9-,21-18-,31-29-,54-51-,63-60-. The average Bonchev–Trinajstić information content (AvgIpc) is 3.49. The summed E-state index contributed by atoms with van der Waals surface area (Å²) in [5.74, 6) is -0.951. The van der Waals surface area contributed by atoms with E-state index in [1.54, 1.807) is 0 Å². The van der Waals surface area contributed by atoms with Gasteiger partial charge in [-0.15, -0.1) is 0 Å². The molecule has 0 spiro atoms. The molecule has 0 fully saturated rings. The lowest BCUT2D eigenvalue weighted by Crippen LogP contribution is -2.30. The minimum absolute atomic E-state index is 0.0912. The Labute approximate surface area is 517 Å². The SMILES string of the molecule is CC/C=C\C/C=C\C/C=C\C/C=C\CCC(=O)OCC(COC(=O)CCCCCCCCCCCCCCCCCCCCC/C=C\CCCCCCCCCC)OC(=O)CCCCCCCCCCCCCCCCCCCCCCC. The Morgan fingerprint density at radius 2 is 0.494 bits per heavy atom. The van der Waals surface area contributed by atoms with Crippen molar-refractivity contribution in [1.29, 1.82) is 0 Å². The van der Waals surface area contributed by atoms with Gasteiger partial charge in [0.25, 0.3) is 0 Å². The molecule has 0 heterocycles. The second kappa shape index (κ2) is 71.6. The van der Waals surface area contributed by atoms with Crippen molar-refractivity contribution in [3.63, 3.8) is 0 Å². The van der Waals surface area contributed by atoms with Crippen LogP contribution in [0.3, 0.4) is 0 Å². The molecule has 0 aliphatic rings. The minimum atomic E-state index is -0.801. The highest BCUT2D eigenvalue weighted by atomic mass is 16.6. The Morgan fingerprint density at radius 3 is 0.807 bits per heavy atom. The fourth-order valence-electron chi connectivity index (χ4n) is 11.0. The number of allylic oxidation sites excluding steroid dienone is 10. The van der Waals surface area contributed by atoms with Crippen LogP contribution in [0.4, 0.5) is 0 Å². The van der Waals surface area contributed by atoms with E-state index in [1.807, 2.05) is 6.08 Å². The van der Waals surface area contributed by atoms with E-state index in [1.165, 1.54) is 283 Å². The summed E-state index contributed by atoms with van der Waals surface area (Å²) in [6.07, 6.45) is 93.0. The van der Waals surface area contributed by atoms with Crippen molar-refractivity contribution in [2.45, 2.75) is 399 Å². The van der Waals surface area contributed by atoms with E-state index in [0.29, 0.717) is 19.3 Å². The molecule has 1 unspecified atom stereocenters. The molecule has 6 nitrogen and oxygen atoms in total. The molecule has 0 aromatic heterocycles. The Hall–Kier alpha value is -2.89. The molecule has 0 saturated heterocycles.